The summed E-state index contributed by atoms with van der Waals surface area (Å²) < 4.78 is 6.14. The Morgan fingerprint density at radius 3 is 2.39 bits per heavy atom. The summed E-state index contributed by atoms with van der Waals surface area (Å²) in [5, 5.41) is 15.3. The first-order valence-electron chi connectivity index (χ1n) is 8.40. The molecular weight excluding hydrogens is 428 g/mol. The molecule has 0 fully saturated rings. The molecule has 3 rings (SSSR count). The minimum absolute atomic E-state index is 0.0124. The van der Waals surface area contributed by atoms with E-state index in [1.807, 2.05) is 24.3 Å². The molecule has 0 amide bonds. The highest BCUT2D eigenvalue weighted by Crippen LogP contribution is 2.27. The first kappa shape index (κ1) is 19.8. The third-order valence-corrected chi connectivity index (χ3v) is 5.14. The number of nitrogens with zero attached hydrogens (tertiary/aromatic N) is 1. The predicted molar refractivity (Wildman–Crippen MR) is 104 cm³/mol. The van der Waals surface area contributed by atoms with Crippen molar-refractivity contribution in [3.05, 3.63) is 79.4 Å². The van der Waals surface area contributed by atoms with Gasteiger partial charge in [-0.2, -0.15) is 4.73 Å². The van der Waals surface area contributed by atoms with Gasteiger partial charge in [-0.15, -0.1) is 0 Å². The highest BCUT2D eigenvalue weighted by Gasteiger charge is 2.38. The Morgan fingerprint density at radius 1 is 1.14 bits per heavy atom. The summed E-state index contributed by atoms with van der Waals surface area (Å²) in [6, 6.07) is 7.47. The molecule has 28 heavy (non-hydrogen) atoms. The summed E-state index contributed by atoms with van der Waals surface area (Å²) >= 11 is 3.35. The molecule has 1 aromatic heterocycles. The van der Waals surface area contributed by atoms with Crippen molar-refractivity contribution < 1.29 is 23.9 Å². The summed E-state index contributed by atoms with van der Waals surface area (Å²) in [6.07, 6.45) is 1.16. The normalized spacial score (nSPS) is 13.1. The van der Waals surface area contributed by atoms with Gasteiger partial charge in [0.1, 0.15) is 11.1 Å². The second kappa shape index (κ2) is 7.55. The van der Waals surface area contributed by atoms with Crippen molar-refractivity contribution >= 4 is 33.5 Å². The average molecular weight is 445 g/mol. The fourth-order valence-electron chi connectivity index (χ4n) is 3.16. The number of hydrogen-bond acceptors (Lipinski definition) is 6. The Bertz CT molecular complexity index is 1040. The minimum atomic E-state index is -0.839. The minimum Gasteiger partial charge on any atom is -0.618 e. The summed E-state index contributed by atoms with van der Waals surface area (Å²) in [6.45, 7) is 3.17. The first-order valence-corrected chi connectivity index (χ1v) is 9.19. The Balaban J connectivity index is 2.05. The molecule has 0 atom stereocenters. The Morgan fingerprint density at radius 2 is 1.79 bits per heavy atom. The van der Waals surface area contributed by atoms with Gasteiger partial charge in [0.25, 0.3) is 0 Å². The van der Waals surface area contributed by atoms with E-state index in [2.05, 4.69) is 21.2 Å². The Hall–Kier alpha value is -3.00. The van der Waals surface area contributed by atoms with Gasteiger partial charge < -0.3 is 15.3 Å². The molecule has 0 saturated carbocycles. The van der Waals surface area contributed by atoms with Crippen LogP contribution in [-0.4, -0.2) is 24.6 Å². The van der Waals surface area contributed by atoms with Gasteiger partial charge in [0.05, 0.1) is 18.4 Å². The summed E-state index contributed by atoms with van der Waals surface area (Å²) in [4.78, 5) is 38.0. The number of esters is 1. The first-order chi connectivity index (χ1) is 13.3. The topological polar surface area (TPSA) is 99.4 Å². The second-order valence-corrected chi connectivity index (χ2v) is 7.23. The number of allylic oxidation sites excluding steroid dienone is 2. The van der Waals surface area contributed by atoms with Gasteiger partial charge in [0, 0.05) is 30.9 Å². The number of benzene rings is 1. The molecule has 1 aliphatic carbocycles. The van der Waals surface area contributed by atoms with E-state index in [0.29, 0.717) is 11.3 Å². The summed E-state index contributed by atoms with van der Waals surface area (Å²) in [5.74, 6) is -1.88. The molecule has 0 aliphatic heterocycles. The van der Waals surface area contributed by atoms with Gasteiger partial charge in [-0.1, -0.05) is 28.1 Å². The van der Waals surface area contributed by atoms with Crippen LogP contribution in [0.2, 0.25) is 0 Å². The maximum absolute atomic E-state index is 13.1. The van der Waals surface area contributed by atoms with Crippen LogP contribution in [0.1, 0.15) is 48.0 Å². The van der Waals surface area contributed by atoms with Crippen molar-refractivity contribution in [2.45, 2.75) is 20.4 Å². The van der Waals surface area contributed by atoms with Crippen LogP contribution in [0.25, 0.3) is 0 Å². The highest BCUT2D eigenvalue weighted by molar-refractivity contribution is 9.10. The predicted octanol–water partition coefficient (Wildman–Crippen LogP) is 2.54. The Labute approximate surface area is 169 Å². The molecule has 8 heteroatoms. The summed E-state index contributed by atoms with van der Waals surface area (Å²) in [7, 11) is 1.15. The van der Waals surface area contributed by atoms with E-state index in [4.69, 9.17) is 4.74 Å². The van der Waals surface area contributed by atoms with Crippen molar-refractivity contribution in [1.29, 1.82) is 0 Å². The number of nitrogens with one attached hydrogen (secondary N) is 1. The van der Waals surface area contributed by atoms with Gasteiger partial charge in [0.2, 0.25) is 17.2 Å². The van der Waals surface area contributed by atoms with Crippen LogP contribution in [0, 0.1) is 19.1 Å². The number of carbonyl (C=O) groups is 3. The lowest BCUT2D eigenvalue weighted by Gasteiger charge is -2.21. The van der Waals surface area contributed by atoms with Gasteiger partial charge in [0.15, 0.2) is 5.78 Å². The number of rotatable bonds is 4. The van der Waals surface area contributed by atoms with E-state index in [1.165, 1.54) is 13.8 Å². The van der Waals surface area contributed by atoms with Crippen LogP contribution in [-0.2, 0) is 11.3 Å². The smallest absolute Gasteiger partial charge is 0.345 e. The molecule has 0 radical (unpaired) electrons. The standard InChI is InChI=1S/C20H17BrN2O5/c1-10-16-15(24)8-14(22-9-12-4-6-13(21)7-5-12)19(25)18(16)17(20(26)28-3)11(2)23(10)27/h4-8,22H,9H2,1-3H3. The lowest BCUT2D eigenvalue weighted by Crippen LogP contribution is -2.42. The zero-order valence-corrected chi connectivity index (χ0v) is 17.0. The third-order valence-electron chi connectivity index (χ3n) is 4.61. The molecule has 0 saturated heterocycles. The zero-order valence-electron chi connectivity index (χ0n) is 15.5. The van der Waals surface area contributed by atoms with Crippen LogP contribution in [0.4, 0.5) is 0 Å². The monoisotopic (exact) mass is 444 g/mol. The Kier molecular flexibility index (Phi) is 5.33. The maximum Gasteiger partial charge on any atom is 0.345 e. The average Bonchev–Trinajstić information content (AvgIpc) is 2.68. The number of halogens is 1. The van der Waals surface area contributed by atoms with Crippen molar-refractivity contribution in [3.63, 3.8) is 0 Å². The van der Waals surface area contributed by atoms with E-state index in [1.54, 1.807) is 0 Å². The van der Waals surface area contributed by atoms with Crippen molar-refractivity contribution in [2.24, 2.45) is 0 Å². The molecule has 2 aromatic rings. The van der Waals surface area contributed by atoms with Gasteiger partial charge in [-0.3, -0.25) is 9.59 Å². The number of pyridine rings is 1. The zero-order chi connectivity index (χ0) is 20.6. The van der Waals surface area contributed by atoms with Crippen LogP contribution in [0.3, 0.4) is 0 Å². The van der Waals surface area contributed by atoms with Crippen LogP contribution < -0.4 is 10.0 Å². The highest BCUT2D eigenvalue weighted by atomic mass is 79.9. The van der Waals surface area contributed by atoms with Crippen molar-refractivity contribution in [3.8, 4) is 0 Å². The van der Waals surface area contributed by atoms with Gasteiger partial charge in [-0.05, 0) is 17.7 Å². The fraction of sp³-hybridized carbons (Fsp3) is 0.200. The quantitative estimate of drug-likeness (QED) is 0.441. The number of fused-ring (bicyclic) bond motifs is 1. The number of ether oxygens (including phenoxy) is 1. The molecule has 1 aliphatic rings. The van der Waals surface area contributed by atoms with Gasteiger partial charge in [-0.25, -0.2) is 4.79 Å². The maximum atomic E-state index is 13.1. The second-order valence-electron chi connectivity index (χ2n) is 6.31. The van der Waals surface area contributed by atoms with E-state index in [9.17, 15) is 19.6 Å². The molecule has 7 nitrogen and oxygen atoms in total. The van der Waals surface area contributed by atoms with E-state index in [-0.39, 0.29) is 33.8 Å². The van der Waals surface area contributed by atoms with E-state index in [0.717, 1.165) is 23.2 Å². The molecule has 0 spiro atoms. The van der Waals surface area contributed by atoms with Crippen molar-refractivity contribution in [1.82, 2.24) is 5.32 Å². The van der Waals surface area contributed by atoms with Crippen LogP contribution in [0.15, 0.2) is 40.5 Å². The fourth-order valence-corrected chi connectivity index (χ4v) is 3.42. The number of carbonyl (C=O) groups excluding carboxylic acids is 3. The largest absolute Gasteiger partial charge is 0.618 e. The van der Waals surface area contributed by atoms with Crippen LogP contribution >= 0.6 is 15.9 Å². The number of hydrogen-bond donors (Lipinski definition) is 1. The van der Waals surface area contributed by atoms with E-state index < -0.39 is 17.5 Å². The van der Waals surface area contributed by atoms with Crippen molar-refractivity contribution in [2.75, 3.05) is 7.11 Å². The molecule has 1 aromatic carbocycles. The number of aromatic nitrogens is 1. The number of Topliss-reactive ketones (excluding diaryl/α,β-unsaturated/α-hetero) is 1. The lowest BCUT2D eigenvalue weighted by molar-refractivity contribution is -0.619. The van der Waals surface area contributed by atoms with Gasteiger partial charge >= 0.3 is 5.97 Å². The lowest BCUT2D eigenvalue weighted by atomic mass is 9.87. The molecule has 0 unspecified atom stereocenters. The molecule has 0 bridgehead atoms. The number of ketones is 2. The molecule has 1 N–H and O–H groups in total. The summed E-state index contributed by atoms with van der Waals surface area (Å²) in [5.41, 5.74) is 0.696. The molecule has 144 valence electrons. The SMILES string of the molecule is COC(=O)c1c2c(c(C)[n+]([O-])c1C)C(=O)C=C(NCc1ccc(Br)cc1)C2=O. The van der Waals surface area contributed by atoms with Crippen LogP contribution in [0.5, 0.6) is 0 Å². The molecular formula is C20H17BrN2O5. The third kappa shape index (κ3) is 3.31. The van der Waals surface area contributed by atoms with E-state index >= 15 is 0 Å². The molecule has 1 heterocycles. The number of methoxy groups -OCH3 is 1.